The first-order valence-corrected chi connectivity index (χ1v) is 18.4. The topological polar surface area (TPSA) is 154 Å². The number of carbonyl (C=O) groups is 2. The van der Waals surface area contributed by atoms with Crippen LogP contribution in [-0.4, -0.2) is 43.5 Å². The molecule has 270 valence electrons. The Balaban J connectivity index is 1.05. The SMILES string of the molecule is Cn1cnnc1SCC1CC(c2ccc(CO)cc2)OC(c2cccc(-c3cccc(CNC(=O)CCCCC(=O)Nc4ccccc4N)c3)c2)O1. The summed E-state index contributed by atoms with van der Waals surface area (Å²) in [7, 11) is 1.92. The van der Waals surface area contributed by atoms with Crippen LogP contribution in [0.2, 0.25) is 0 Å². The maximum Gasteiger partial charge on any atom is 0.224 e. The number of unbranched alkanes of at least 4 members (excludes halogenated alkanes) is 1. The lowest BCUT2D eigenvalue weighted by Crippen LogP contribution is -2.31. The van der Waals surface area contributed by atoms with Gasteiger partial charge in [0.2, 0.25) is 11.8 Å². The van der Waals surface area contributed by atoms with Gasteiger partial charge in [-0.2, -0.15) is 0 Å². The van der Waals surface area contributed by atoms with Crippen LogP contribution in [0.4, 0.5) is 11.4 Å². The van der Waals surface area contributed by atoms with Gasteiger partial charge in [0.1, 0.15) is 6.33 Å². The molecule has 1 aliphatic rings. The molecular weight excluding hydrogens is 677 g/mol. The van der Waals surface area contributed by atoms with Crippen LogP contribution >= 0.6 is 11.8 Å². The fourth-order valence-corrected chi connectivity index (χ4v) is 6.91. The van der Waals surface area contributed by atoms with Crippen molar-refractivity contribution in [2.45, 2.75) is 68.9 Å². The van der Waals surface area contributed by atoms with Crippen molar-refractivity contribution < 1.29 is 24.2 Å². The first kappa shape index (κ1) is 36.8. The number of nitrogens with one attached hydrogen (secondary N) is 2. The van der Waals surface area contributed by atoms with Gasteiger partial charge in [0, 0.05) is 44.2 Å². The standard InChI is InChI=1S/C40H44N6O5S/c1-46-26-43-45-40(46)52-25-33-22-36(29-18-16-27(24-47)17-19-29)51-39(50-33)32-11-7-10-31(21-32)30-9-6-8-28(20-30)23-42-37(48)14-4-5-15-38(49)44-35-13-3-2-12-34(35)41/h2-3,6-13,16-21,26,33,36,39,47H,4-5,14-15,22-25,41H2,1H3,(H,42,48)(H,44,49). The Bertz CT molecular complexity index is 1950. The summed E-state index contributed by atoms with van der Waals surface area (Å²) in [5.41, 5.74) is 12.8. The molecule has 0 saturated carbocycles. The van der Waals surface area contributed by atoms with Crippen LogP contribution in [0.1, 0.15) is 66.8 Å². The smallest absolute Gasteiger partial charge is 0.224 e. The number of nitrogens with zero attached hydrogens (tertiary/aromatic N) is 3. The monoisotopic (exact) mass is 720 g/mol. The predicted molar refractivity (Wildman–Crippen MR) is 202 cm³/mol. The number of amides is 2. The van der Waals surface area contributed by atoms with E-state index >= 15 is 0 Å². The summed E-state index contributed by atoms with van der Waals surface area (Å²) in [6.07, 6.45) is 3.34. The van der Waals surface area contributed by atoms with E-state index in [9.17, 15) is 14.7 Å². The number of benzene rings is 4. The number of hydrogen-bond acceptors (Lipinski definition) is 9. The van der Waals surface area contributed by atoms with Crippen molar-refractivity contribution in [3.05, 3.63) is 126 Å². The highest BCUT2D eigenvalue weighted by Crippen LogP contribution is 2.40. The van der Waals surface area contributed by atoms with Crippen LogP contribution in [0.25, 0.3) is 11.1 Å². The Morgan fingerprint density at radius 3 is 2.38 bits per heavy atom. The molecular formula is C40H44N6O5S. The highest BCUT2D eigenvalue weighted by Gasteiger charge is 2.32. The van der Waals surface area contributed by atoms with E-state index in [1.807, 2.05) is 78.3 Å². The number of aromatic nitrogens is 3. The van der Waals surface area contributed by atoms with E-state index in [1.54, 1.807) is 30.2 Å². The van der Waals surface area contributed by atoms with Gasteiger partial charge in [0.15, 0.2) is 11.4 Å². The number of rotatable bonds is 15. The third-order valence-electron chi connectivity index (χ3n) is 8.88. The van der Waals surface area contributed by atoms with E-state index in [0.717, 1.165) is 38.5 Å². The number of nitrogen functional groups attached to an aromatic ring is 1. The molecule has 0 radical (unpaired) electrons. The molecule has 1 saturated heterocycles. The first-order valence-electron chi connectivity index (χ1n) is 17.4. The summed E-state index contributed by atoms with van der Waals surface area (Å²) < 4.78 is 15.0. The average Bonchev–Trinajstić information content (AvgIpc) is 3.60. The lowest BCUT2D eigenvalue weighted by atomic mass is 9.99. The molecule has 5 N–H and O–H groups in total. The number of aliphatic hydroxyl groups excluding tert-OH is 1. The zero-order chi connectivity index (χ0) is 36.3. The second kappa shape index (κ2) is 18.0. The van der Waals surface area contributed by atoms with Crippen molar-refractivity contribution >= 4 is 35.0 Å². The van der Waals surface area contributed by atoms with Crippen molar-refractivity contribution in [1.29, 1.82) is 0 Å². The van der Waals surface area contributed by atoms with Gasteiger partial charge in [-0.15, -0.1) is 10.2 Å². The summed E-state index contributed by atoms with van der Waals surface area (Å²) in [4.78, 5) is 24.9. The Morgan fingerprint density at radius 2 is 1.63 bits per heavy atom. The molecule has 0 bridgehead atoms. The molecule has 3 atom stereocenters. The minimum atomic E-state index is -0.591. The van der Waals surface area contributed by atoms with Crippen molar-refractivity contribution in [3.8, 4) is 11.1 Å². The van der Waals surface area contributed by atoms with Gasteiger partial charge in [-0.1, -0.05) is 84.6 Å². The van der Waals surface area contributed by atoms with E-state index in [-0.39, 0.29) is 30.6 Å². The molecule has 6 rings (SSSR count). The van der Waals surface area contributed by atoms with Gasteiger partial charge in [-0.25, -0.2) is 0 Å². The van der Waals surface area contributed by atoms with Crippen molar-refractivity contribution in [3.63, 3.8) is 0 Å². The van der Waals surface area contributed by atoms with Crippen molar-refractivity contribution in [1.82, 2.24) is 20.1 Å². The van der Waals surface area contributed by atoms with Crippen molar-refractivity contribution in [2.24, 2.45) is 7.05 Å². The molecule has 0 aliphatic carbocycles. The number of aryl methyl sites for hydroxylation is 1. The molecule has 2 heterocycles. The predicted octanol–water partition coefficient (Wildman–Crippen LogP) is 6.71. The highest BCUT2D eigenvalue weighted by molar-refractivity contribution is 7.99. The van der Waals surface area contributed by atoms with Crippen LogP contribution in [-0.2, 0) is 39.3 Å². The quantitative estimate of drug-likeness (QED) is 0.0525. The van der Waals surface area contributed by atoms with Crippen LogP contribution < -0.4 is 16.4 Å². The minimum Gasteiger partial charge on any atom is -0.397 e. The molecule has 1 fully saturated rings. The Kier molecular flexibility index (Phi) is 12.7. The number of ether oxygens (including phenoxy) is 2. The summed E-state index contributed by atoms with van der Waals surface area (Å²) in [6, 6.07) is 31.3. The molecule has 2 amide bonds. The fourth-order valence-electron chi connectivity index (χ4n) is 6.00. The van der Waals surface area contributed by atoms with Gasteiger partial charge in [-0.3, -0.25) is 9.59 Å². The molecule has 1 aromatic heterocycles. The Labute approximate surface area is 307 Å². The molecule has 5 aromatic rings. The van der Waals surface area contributed by atoms with Crippen LogP contribution in [0, 0.1) is 0 Å². The van der Waals surface area contributed by atoms with E-state index in [4.69, 9.17) is 15.2 Å². The normalized spacial score (nSPS) is 17.1. The maximum atomic E-state index is 12.6. The van der Waals surface area contributed by atoms with Crippen LogP contribution in [0.15, 0.2) is 109 Å². The lowest BCUT2D eigenvalue weighted by molar-refractivity contribution is -0.245. The number of para-hydroxylation sites is 2. The molecule has 4 aromatic carbocycles. The zero-order valence-corrected chi connectivity index (χ0v) is 29.9. The third-order valence-corrected chi connectivity index (χ3v) is 10.1. The van der Waals surface area contributed by atoms with Gasteiger partial charge < -0.3 is 35.5 Å². The fraction of sp³-hybridized carbons (Fsp3) is 0.300. The highest BCUT2D eigenvalue weighted by atomic mass is 32.2. The second-order valence-electron chi connectivity index (χ2n) is 12.8. The van der Waals surface area contributed by atoms with Gasteiger partial charge >= 0.3 is 0 Å². The molecule has 0 spiro atoms. The van der Waals surface area contributed by atoms with Crippen LogP contribution in [0.5, 0.6) is 0 Å². The van der Waals surface area contributed by atoms with Crippen molar-refractivity contribution in [2.75, 3.05) is 16.8 Å². The number of hydrogen-bond donors (Lipinski definition) is 4. The van der Waals surface area contributed by atoms with Crippen LogP contribution in [0.3, 0.4) is 0 Å². The Morgan fingerprint density at radius 1 is 0.885 bits per heavy atom. The van der Waals surface area contributed by atoms with E-state index < -0.39 is 6.29 Å². The average molecular weight is 721 g/mol. The molecule has 1 aliphatic heterocycles. The summed E-state index contributed by atoms with van der Waals surface area (Å²) in [5.74, 6) is 0.509. The van der Waals surface area contributed by atoms with Gasteiger partial charge in [0.25, 0.3) is 0 Å². The zero-order valence-electron chi connectivity index (χ0n) is 29.1. The molecule has 11 nitrogen and oxygen atoms in total. The molecule has 3 unspecified atom stereocenters. The summed E-state index contributed by atoms with van der Waals surface area (Å²) >= 11 is 1.60. The number of anilines is 2. The second-order valence-corrected chi connectivity index (χ2v) is 13.8. The molecule has 52 heavy (non-hydrogen) atoms. The third kappa shape index (κ3) is 10.1. The summed E-state index contributed by atoms with van der Waals surface area (Å²) in [5, 5.41) is 24.4. The lowest BCUT2D eigenvalue weighted by Gasteiger charge is -2.36. The van der Waals surface area contributed by atoms with Gasteiger partial charge in [0.05, 0.1) is 30.2 Å². The number of carbonyl (C=O) groups excluding carboxylic acids is 2. The molecule has 12 heteroatoms. The first-order chi connectivity index (χ1) is 25.3. The van der Waals surface area contributed by atoms with E-state index in [2.05, 4.69) is 39.0 Å². The van der Waals surface area contributed by atoms with E-state index in [1.165, 1.54) is 0 Å². The maximum absolute atomic E-state index is 12.6. The number of aliphatic hydroxyl groups is 1. The minimum absolute atomic E-state index is 0.0111. The number of nitrogens with two attached hydrogens (primary N) is 1. The number of thioether (sulfide) groups is 1. The van der Waals surface area contributed by atoms with E-state index in [0.29, 0.717) is 55.8 Å². The summed E-state index contributed by atoms with van der Waals surface area (Å²) in [6.45, 7) is 0.388. The largest absolute Gasteiger partial charge is 0.397 e. The van der Waals surface area contributed by atoms with Gasteiger partial charge in [-0.05, 0) is 64.9 Å². The Hall–Kier alpha value is -5.01.